The summed E-state index contributed by atoms with van der Waals surface area (Å²) in [5.74, 6) is -9.89. The van der Waals surface area contributed by atoms with Crippen LogP contribution in [0.1, 0.15) is 0 Å². The number of rotatable bonds is 3. The predicted octanol–water partition coefficient (Wildman–Crippen LogP) is 3.99. The van der Waals surface area contributed by atoms with Gasteiger partial charge in [0.2, 0.25) is 9.84 Å². The quantitative estimate of drug-likeness (QED) is 0.329. The fourth-order valence-corrected chi connectivity index (χ4v) is 4.13. The Morgan fingerprint density at radius 1 is 0.957 bits per heavy atom. The summed E-state index contributed by atoms with van der Waals surface area (Å²) in [5, 5.41) is 0. The molecule has 0 saturated heterocycles. The maximum atomic E-state index is 13.8. The first kappa shape index (κ1) is 17.7. The normalized spacial score (nSPS) is 11.6. The van der Waals surface area contributed by atoms with Crippen molar-refractivity contribution in [1.29, 1.82) is 0 Å². The molecule has 124 valence electrons. The molecular weight excluding hydrogens is 411 g/mol. The molecular formula is C13H6BrF5O3S. The summed E-state index contributed by atoms with van der Waals surface area (Å²) in [6.45, 7) is 0. The highest BCUT2D eigenvalue weighted by molar-refractivity contribution is 9.10. The van der Waals surface area contributed by atoms with Gasteiger partial charge in [0.1, 0.15) is 4.90 Å². The molecule has 0 saturated carbocycles. The Labute approximate surface area is 135 Å². The van der Waals surface area contributed by atoms with Gasteiger partial charge in [-0.3, -0.25) is 0 Å². The first-order valence-electron chi connectivity index (χ1n) is 5.73. The average molecular weight is 417 g/mol. The molecule has 0 unspecified atom stereocenters. The van der Waals surface area contributed by atoms with E-state index in [1.54, 1.807) is 0 Å². The van der Waals surface area contributed by atoms with Crippen LogP contribution in [0.25, 0.3) is 0 Å². The number of ether oxygens (including phenoxy) is 1. The van der Waals surface area contributed by atoms with E-state index in [4.69, 9.17) is 0 Å². The van der Waals surface area contributed by atoms with E-state index in [0.29, 0.717) is 6.07 Å². The van der Waals surface area contributed by atoms with Gasteiger partial charge in [-0.2, -0.15) is 0 Å². The smallest absolute Gasteiger partial charge is 0.210 e. The lowest BCUT2D eigenvalue weighted by Gasteiger charge is -2.11. The number of methoxy groups -OCH3 is 1. The molecule has 0 heterocycles. The summed E-state index contributed by atoms with van der Waals surface area (Å²) in [6, 6.07) is 2.27. The molecule has 0 aromatic heterocycles. The van der Waals surface area contributed by atoms with Crippen LogP contribution in [0.2, 0.25) is 0 Å². The fourth-order valence-electron chi connectivity index (χ4n) is 1.75. The van der Waals surface area contributed by atoms with Crippen LogP contribution >= 0.6 is 15.9 Å². The fraction of sp³-hybridized carbons (Fsp3) is 0.0769. The van der Waals surface area contributed by atoms with Crippen LogP contribution in [0.4, 0.5) is 22.0 Å². The first-order valence-corrected chi connectivity index (χ1v) is 8.00. The van der Waals surface area contributed by atoms with Crippen molar-refractivity contribution in [2.45, 2.75) is 9.79 Å². The van der Waals surface area contributed by atoms with Crippen LogP contribution in [0.3, 0.4) is 0 Å². The van der Waals surface area contributed by atoms with Gasteiger partial charge in [-0.1, -0.05) is 0 Å². The molecule has 0 bridgehead atoms. The molecule has 0 amide bonds. The Morgan fingerprint density at radius 3 is 2.04 bits per heavy atom. The van der Waals surface area contributed by atoms with E-state index in [9.17, 15) is 30.4 Å². The molecule has 0 radical (unpaired) electrons. The summed E-state index contributed by atoms with van der Waals surface area (Å²) in [6.07, 6.45) is 0. The molecule has 2 rings (SSSR count). The second-order valence-corrected chi connectivity index (χ2v) is 6.88. The third kappa shape index (κ3) is 2.80. The maximum absolute atomic E-state index is 13.8. The lowest BCUT2D eigenvalue weighted by Crippen LogP contribution is -2.11. The zero-order valence-corrected chi connectivity index (χ0v) is 13.5. The Balaban J connectivity index is 2.78. The molecule has 0 aliphatic carbocycles. The minimum Gasteiger partial charge on any atom is -0.494 e. The monoisotopic (exact) mass is 416 g/mol. The van der Waals surface area contributed by atoms with Crippen LogP contribution in [-0.4, -0.2) is 15.5 Å². The highest BCUT2D eigenvalue weighted by atomic mass is 79.9. The minimum atomic E-state index is -4.87. The topological polar surface area (TPSA) is 43.4 Å². The van der Waals surface area contributed by atoms with Crippen molar-refractivity contribution < 1.29 is 35.1 Å². The van der Waals surface area contributed by atoms with Gasteiger partial charge in [0, 0.05) is 0 Å². The molecule has 0 fully saturated rings. The molecule has 0 atom stereocenters. The Hall–Kier alpha value is -1.68. The SMILES string of the molecule is COc1ccc(S(=O)(=O)c2c(F)c(F)c(F)c(F)c2Br)cc1F. The molecule has 0 aliphatic heterocycles. The van der Waals surface area contributed by atoms with Crippen molar-refractivity contribution in [2.24, 2.45) is 0 Å². The molecule has 3 nitrogen and oxygen atoms in total. The Morgan fingerprint density at radius 2 is 1.52 bits per heavy atom. The van der Waals surface area contributed by atoms with Gasteiger partial charge in [0.05, 0.1) is 16.5 Å². The van der Waals surface area contributed by atoms with E-state index in [-0.39, 0.29) is 5.75 Å². The van der Waals surface area contributed by atoms with Crippen molar-refractivity contribution >= 4 is 25.8 Å². The lowest BCUT2D eigenvalue weighted by atomic mass is 10.3. The maximum Gasteiger partial charge on any atom is 0.210 e. The van der Waals surface area contributed by atoms with Gasteiger partial charge < -0.3 is 4.74 Å². The molecule has 0 spiro atoms. The van der Waals surface area contributed by atoms with E-state index in [1.165, 1.54) is 0 Å². The third-order valence-corrected chi connectivity index (χ3v) is 5.67. The van der Waals surface area contributed by atoms with Crippen LogP contribution in [0.15, 0.2) is 32.5 Å². The van der Waals surface area contributed by atoms with Crippen molar-refractivity contribution in [3.63, 3.8) is 0 Å². The van der Waals surface area contributed by atoms with Crippen LogP contribution in [0.5, 0.6) is 5.75 Å². The highest BCUT2D eigenvalue weighted by Crippen LogP contribution is 2.36. The highest BCUT2D eigenvalue weighted by Gasteiger charge is 2.33. The largest absolute Gasteiger partial charge is 0.494 e. The zero-order chi connectivity index (χ0) is 17.5. The van der Waals surface area contributed by atoms with Gasteiger partial charge in [-0.15, -0.1) is 0 Å². The molecule has 2 aromatic carbocycles. The standard InChI is InChI=1S/C13H6BrF5O3S/c1-22-7-3-2-5(4-6(7)15)23(20,21)13-8(14)9(16)10(17)11(18)12(13)19/h2-4H,1H3. The van der Waals surface area contributed by atoms with Gasteiger partial charge in [0.15, 0.2) is 34.8 Å². The van der Waals surface area contributed by atoms with E-state index in [1.807, 2.05) is 0 Å². The molecule has 2 aromatic rings. The van der Waals surface area contributed by atoms with Gasteiger partial charge >= 0.3 is 0 Å². The summed E-state index contributed by atoms with van der Waals surface area (Å²) >= 11 is 2.38. The van der Waals surface area contributed by atoms with E-state index in [2.05, 4.69) is 20.7 Å². The molecule has 0 aliphatic rings. The summed E-state index contributed by atoms with van der Waals surface area (Å²) in [5.41, 5.74) is 0. The van der Waals surface area contributed by atoms with Crippen molar-refractivity contribution in [2.75, 3.05) is 7.11 Å². The number of hydrogen-bond donors (Lipinski definition) is 0. The minimum absolute atomic E-state index is 0.292. The molecule has 23 heavy (non-hydrogen) atoms. The second-order valence-electron chi connectivity index (χ2n) is 4.20. The van der Waals surface area contributed by atoms with Crippen molar-refractivity contribution in [3.05, 3.63) is 51.8 Å². The number of sulfone groups is 1. The molecule has 0 N–H and O–H groups in total. The van der Waals surface area contributed by atoms with E-state index in [0.717, 1.165) is 19.2 Å². The summed E-state index contributed by atoms with van der Waals surface area (Å²) in [4.78, 5) is -2.26. The Bertz CT molecular complexity index is 870. The van der Waals surface area contributed by atoms with Crippen LogP contribution < -0.4 is 4.74 Å². The molecule has 10 heteroatoms. The van der Waals surface area contributed by atoms with Gasteiger partial charge in [-0.05, 0) is 34.1 Å². The summed E-state index contributed by atoms with van der Waals surface area (Å²) in [7, 11) is -3.74. The second kappa shape index (κ2) is 6.08. The zero-order valence-electron chi connectivity index (χ0n) is 11.1. The van der Waals surface area contributed by atoms with Crippen molar-refractivity contribution in [3.8, 4) is 5.75 Å². The number of hydrogen-bond acceptors (Lipinski definition) is 3. The number of benzene rings is 2. The predicted molar refractivity (Wildman–Crippen MR) is 72.4 cm³/mol. The van der Waals surface area contributed by atoms with Crippen LogP contribution in [-0.2, 0) is 9.84 Å². The van der Waals surface area contributed by atoms with E-state index >= 15 is 0 Å². The lowest BCUT2D eigenvalue weighted by molar-refractivity contribution is 0.385. The average Bonchev–Trinajstić information content (AvgIpc) is 2.50. The third-order valence-electron chi connectivity index (χ3n) is 2.87. The Kier molecular flexibility index (Phi) is 4.67. The van der Waals surface area contributed by atoms with E-state index < -0.39 is 53.2 Å². The van der Waals surface area contributed by atoms with Crippen molar-refractivity contribution in [1.82, 2.24) is 0 Å². The first-order chi connectivity index (χ1) is 10.6. The number of halogens is 6. The van der Waals surface area contributed by atoms with Gasteiger partial charge in [-0.25, -0.2) is 30.4 Å². The van der Waals surface area contributed by atoms with Gasteiger partial charge in [0.25, 0.3) is 0 Å². The summed E-state index contributed by atoms with van der Waals surface area (Å²) < 4.78 is 95.4. The van der Waals surface area contributed by atoms with Crippen LogP contribution in [0, 0.1) is 29.1 Å².